The van der Waals surface area contributed by atoms with E-state index in [1.54, 1.807) is 12.4 Å². The van der Waals surface area contributed by atoms with E-state index in [1.807, 2.05) is 57.1 Å². The van der Waals surface area contributed by atoms with Crippen molar-refractivity contribution in [1.82, 2.24) is 9.88 Å². The molecule has 3 heteroatoms. The number of ketones is 1. The van der Waals surface area contributed by atoms with E-state index in [9.17, 15) is 4.79 Å². The fraction of sp³-hybridized carbons (Fsp3) is 0.333. The van der Waals surface area contributed by atoms with Crippen LogP contribution < -0.4 is 0 Å². The number of likely N-dealkylation sites (N-methyl/N-ethyl adjacent to an activating group) is 1. The monoisotopic (exact) mass is 242 g/mol. The number of hydrogen-bond acceptors (Lipinski definition) is 3. The van der Waals surface area contributed by atoms with Gasteiger partial charge in [0, 0.05) is 23.3 Å². The number of fused-ring (bicyclic) bond motifs is 1. The Labute approximate surface area is 107 Å². The van der Waals surface area contributed by atoms with E-state index in [0.717, 1.165) is 16.3 Å². The van der Waals surface area contributed by atoms with Gasteiger partial charge in [-0.1, -0.05) is 18.2 Å². The van der Waals surface area contributed by atoms with Crippen molar-refractivity contribution in [2.45, 2.75) is 19.4 Å². The highest BCUT2D eigenvalue weighted by Gasteiger charge is 2.31. The highest BCUT2D eigenvalue weighted by molar-refractivity contribution is 6.11. The van der Waals surface area contributed by atoms with Crippen LogP contribution in [0, 0.1) is 0 Å². The molecule has 0 aliphatic heterocycles. The molecule has 3 nitrogen and oxygen atoms in total. The van der Waals surface area contributed by atoms with E-state index >= 15 is 0 Å². The highest BCUT2D eigenvalue weighted by Crippen LogP contribution is 2.24. The van der Waals surface area contributed by atoms with E-state index in [-0.39, 0.29) is 5.78 Å². The Morgan fingerprint density at radius 2 is 1.94 bits per heavy atom. The van der Waals surface area contributed by atoms with Gasteiger partial charge in [0.05, 0.1) is 5.54 Å². The second kappa shape index (κ2) is 4.50. The van der Waals surface area contributed by atoms with Gasteiger partial charge in [-0.3, -0.25) is 14.7 Å². The molecule has 0 bridgehead atoms. The van der Waals surface area contributed by atoms with Gasteiger partial charge in [-0.15, -0.1) is 0 Å². The first kappa shape index (κ1) is 12.7. The zero-order chi connectivity index (χ0) is 13.3. The lowest BCUT2D eigenvalue weighted by Crippen LogP contribution is -2.45. The molecular formula is C15H18N2O. The average Bonchev–Trinajstić information content (AvgIpc) is 2.37. The minimum Gasteiger partial charge on any atom is -0.297 e. The quantitative estimate of drug-likeness (QED) is 0.776. The molecule has 0 aliphatic rings. The first-order valence-corrected chi connectivity index (χ1v) is 5.99. The maximum atomic E-state index is 12.7. The Balaban J connectivity index is 2.59. The van der Waals surface area contributed by atoms with Gasteiger partial charge < -0.3 is 0 Å². The minimum absolute atomic E-state index is 0.117. The molecule has 1 heterocycles. The van der Waals surface area contributed by atoms with Gasteiger partial charge in [-0.25, -0.2) is 0 Å². The van der Waals surface area contributed by atoms with Gasteiger partial charge >= 0.3 is 0 Å². The molecule has 0 saturated carbocycles. The molecule has 1 aromatic carbocycles. The van der Waals surface area contributed by atoms with Crippen LogP contribution in [0.5, 0.6) is 0 Å². The van der Waals surface area contributed by atoms with Crippen LogP contribution in [0.3, 0.4) is 0 Å². The molecule has 0 spiro atoms. The van der Waals surface area contributed by atoms with Crippen molar-refractivity contribution in [1.29, 1.82) is 0 Å². The van der Waals surface area contributed by atoms with Crippen molar-refractivity contribution in [2.75, 3.05) is 14.1 Å². The molecule has 0 N–H and O–H groups in total. The molecule has 2 rings (SSSR count). The van der Waals surface area contributed by atoms with Crippen molar-refractivity contribution >= 4 is 16.6 Å². The van der Waals surface area contributed by atoms with E-state index in [1.165, 1.54) is 0 Å². The van der Waals surface area contributed by atoms with Crippen LogP contribution in [-0.2, 0) is 0 Å². The first-order chi connectivity index (χ1) is 8.44. The Bertz CT molecular complexity index is 583. The number of aromatic nitrogens is 1. The average molecular weight is 242 g/mol. The second-order valence-corrected chi connectivity index (χ2v) is 5.18. The molecule has 0 saturated heterocycles. The summed E-state index contributed by atoms with van der Waals surface area (Å²) in [6, 6.07) is 7.71. The highest BCUT2D eigenvalue weighted by atomic mass is 16.1. The molecule has 1 aromatic heterocycles. The topological polar surface area (TPSA) is 33.2 Å². The zero-order valence-electron chi connectivity index (χ0n) is 11.3. The molecule has 0 radical (unpaired) electrons. The van der Waals surface area contributed by atoms with E-state index in [2.05, 4.69) is 4.98 Å². The van der Waals surface area contributed by atoms with Crippen LogP contribution in [0.15, 0.2) is 36.7 Å². The summed E-state index contributed by atoms with van der Waals surface area (Å²) in [5.74, 6) is 0.117. The fourth-order valence-electron chi connectivity index (χ4n) is 1.84. The summed E-state index contributed by atoms with van der Waals surface area (Å²) in [6.07, 6.45) is 3.50. The maximum Gasteiger partial charge on any atom is 0.183 e. The van der Waals surface area contributed by atoms with Crippen LogP contribution in [-0.4, -0.2) is 35.3 Å². The zero-order valence-corrected chi connectivity index (χ0v) is 11.3. The summed E-state index contributed by atoms with van der Waals surface area (Å²) in [5.41, 5.74) is 0.212. The third-order valence-corrected chi connectivity index (χ3v) is 3.60. The van der Waals surface area contributed by atoms with Crippen LogP contribution in [0.1, 0.15) is 24.2 Å². The summed E-state index contributed by atoms with van der Waals surface area (Å²) in [4.78, 5) is 18.7. The van der Waals surface area contributed by atoms with Gasteiger partial charge in [0.1, 0.15) is 0 Å². The predicted molar refractivity (Wildman–Crippen MR) is 73.8 cm³/mol. The summed E-state index contributed by atoms with van der Waals surface area (Å²) in [6.45, 7) is 3.87. The number of benzene rings is 1. The SMILES string of the molecule is CN(C)C(C)(C)C(=O)c1cccc2ccncc12. The van der Waals surface area contributed by atoms with Gasteiger partial charge in [0.25, 0.3) is 0 Å². The van der Waals surface area contributed by atoms with Crippen molar-refractivity contribution in [3.05, 3.63) is 42.2 Å². The number of carbonyl (C=O) groups is 1. The Morgan fingerprint density at radius 1 is 1.22 bits per heavy atom. The molecule has 2 aromatic rings. The first-order valence-electron chi connectivity index (χ1n) is 5.99. The van der Waals surface area contributed by atoms with Gasteiger partial charge in [0.15, 0.2) is 5.78 Å². The lowest BCUT2D eigenvalue weighted by molar-refractivity contribution is 0.0757. The number of pyridine rings is 1. The predicted octanol–water partition coefficient (Wildman–Crippen LogP) is 2.76. The lowest BCUT2D eigenvalue weighted by Gasteiger charge is -2.31. The molecule has 0 amide bonds. The maximum absolute atomic E-state index is 12.7. The summed E-state index contributed by atoms with van der Waals surface area (Å²) < 4.78 is 0. The van der Waals surface area contributed by atoms with Gasteiger partial charge in [-0.05, 0) is 39.4 Å². The van der Waals surface area contributed by atoms with Crippen LogP contribution >= 0.6 is 0 Å². The van der Waals surface area contributed by atoms with Crippen LogP contribution in [0.4, 0.5) is 0 Å². The fourth-order valence-corrected chi connectivity index (χ4v) is 1.84. The third-order valence-electron chi connectivity index (χ3n) is 3.60. The Morgan fingerprint density at radius 3 is 2.61 bits per heavy atom. The number of hydrogen-bond donors (Lipinski definition) is 0. The van der Waals surface area contributed by atoms with E-state index in [4.69, 9.17) is 0 Å². The summed E-state index contributed by atoms with van der Waals surface area (Å²) >= 11 is 0. The minimum atomic E-state index is -0.524. The Hall–Kier alpha value is -1.74. The number of Topliss-reactive ketones (excluding diaryl/α,β-unsaturated/α-hetero) is 1. The van der Waals surface area contributed by atoms with Gasteiger partial charge in [-0.2, -0.15) is 0 Å². The molecular weight excluding hydrogens is 224 g/mol. The second-order valence-electron chi connectivity index (χ2n) is 5.18. The van der Waals surface area contributed by atoms with Crippen LogP contribution in [0.25, 0.3) is 10.8 Å². The van der Waals surface area contributed by atoms with Gasteiger partial charge in [0.2, 0.25) is 0 Å². The van der Waals surface area contributed by atoms with Crippen molar-refractivity contribution < 1.29 is 4.79 Å². The van der Waals surface area contributed by atoms with Crippen molar-refractivity contribution in [2.24, 2.45) is 0 Å². The largest absolute Gasteiger partial charge is 0.297 e. The summed E-state index contributed by atoms with van der Waals surface area (Å²) in [7, 11) is 3.84. The number of rotatable bonds is 3. The molecule has 0 fully saturated rings. The molecule has 94 valence electrons. The standard InChI is InChI=1S/C15H18N2O/c1-15(2,17(3)4)14(18)12-7-5-6-11-8-9-16-10-13(11)12/h5-10H,1-4H3. The molecule has 18 heavy (non-hydrogen) atoms. The van der Waals surface area contributed by atoms with Crippen molar-refractivity contribution in [3.63, 3.8) is 0 Å². The lowest BCUT2D eigenvalue weighted by atomic mass is 9.90. The number of nitrogens with zero attached hydrogens (tertiary/aromatic N) is 2. The summed E-state index contributed by atoms with van der Waals surface area (Å²) in [5, 5.41) is 1.96. The number of carbonyl (C=O) groups excluding carboxylic acids is 1. The normalized spacial score (nSPS) is 12.1. The van der Waals surface area contributed by atoms with Crippen LogP contribution in [0.2, 0.25) is 0 Å². The molecule has 0 atom stereocenters. The van der Waals surface area contributed by atoms with Crippen molar-refractivity contribution in [3.8, 4) is 0 Å². The molecule has 0 unspecified atom stereocenters. The van der Waals surface area contributed by atoms with E-state index in [0.29, 0.717) is 0 Å². The van der Waals surface area contributed by atoms with E-state index < -0.39 is 5.54 Å². The third kappa shape index (κ3) is 2.02. The smallest absolute Gasteiger partial charge is 0.183 e. The Kier molecular flexibility index (Phi) is 3.18. The molecule has 0 aliphatic carbocycles.